The van der Waals surface area contributed by atoms with Crippen molar-refractivity contribution in [3.05, 3.63) is 53.2 Å². The van der Waals surface area contributed by atoms with Crippen LogP contribution in [0, 0.1) is 6.92 Å². The van der Waals surface area contributed by atoms with Gasteiger partial charge in [-0.15, -0.1) is 0 Å². The molecule has 2 N–H and O–H groups in total. The third kappa shape index (κ3) is 3.15. The highest BCUT2D eigenvalue weighted by atomic mass is 16.1. The minimum Gasteiger partial charge on any atom is -0.373 e. The van der Waals surface area contributed by atoms with Crippen LogP contribution in [0.3, 0.4) is 0 Å². The standard InChI is InChI=1S/C16H19N3O/c1-4-12-7-5-6-8-14(12)19-16(20)13-9-11(2)18-15(10-13)17-3/h5-10H,4H2,1-3H3,(H,17,18)(H,19,20). The molecule has 0 radical (unpaired) electrons. The lowest BCUT2D eigenvalue weighted by atomic mass is 10.1. The molecule has 0 aliphatic heterocycles. The molecule has 0 aliphatic rings. The van der Waals surface area contributed by atoms with Crippen molar-refractivity contribution in [3.8, 4) is 0 Å². The number of amides is 1. The van der Waals surface area contributed by atoms with Crippen molar-refractivity contribution < 1.29 is 4.79 Å². The molecule has 1 aromatic heterocycles. The topological polar surface area (TPSA) is 54.0 Å². The van der Waals surface area contributed by atoms with E-state index >= 15 is 0 Å². The lowest BCUT2D eigenvalue weighted by molar-refractivity contribution is 0.102. The second kappa shape index (κ2) is 6.19. The van der Waals surface area contributed by atoms with E-state index < -0.39 is 0 Å². The van der Waals surface area contributed by atoms with Gasteiger partial charge in [-0.2, -0.15) is 0 Å². The summed E-state index contributed by atoms with van der Waals surface area (Å²) in [6.45, 7) is 3.94. The summed E-state index contributed by atoms with van der Waals surface area (Å²) in [4.78, 5) is 16.6. The van der Waals surface area contributed by atoms with Crippen molar-refractivity contribution in [1.29, 1.82) is 0 Å². The van der Waals surface area contributed by atoms with E-state index in [4.69, 9.17) is 0 Å². The largest absolute Gasteiger partial charge is 0.373 e. The Morgan fingerprint density at radius 3 is 2.70 bits per heavy atom. The lowest BCUT2D eigenvalue weighted by Crippen LogP contribution is -2.14. The molecule has 2 rings (SSSR count). The maximum absolute atomic E-state index is 12.3. The number of hydrogen-bond acceptors (Lipinski definition) is 3. The van der Waals surface area contributed by atoms with Crippen LogP contribution in [0.25, 0.3) is 0 Å². The average molecular weight is 269 g/mol. The first-order chi connectivity index (χ1) is 9.63. The quantitative estimate of drug-likeness (QED) is 0.895. The number of carbonyl (C=O) groups excluding carboxylic acids is 1. The Morgan fingerprint density at radius 2 is 2.00 bits per heavy atom. The average Bonchev–Trinajstić information content (AvgIpc) is 2.47. The van der Waals surface area contributed by atoms with Gasteiger partial charge in [-0.1, -0.05) is 25.1 Å². The van der Waals surface area contributed by atoms with E-state index in [1.54, 1.807) is 19.2 Å². The van der Waals surface area contributed by atoms with E-state index in [9.17, 15) is 4.79 Å². The molecule has 0 saturated heterocycles. The van der Waals surface area contributed by atoms with Crippen LogP contribution >= 0.6 is 0 Å². The highest BCUT2D eigenvalue weighted by Gasteiger charge is 2.10. The fourth-order valence-electron chi connectivity index (χ4n) is 2.07. The third-order valence-electron chi connectivity index (χ3n) is 3.12. The second-order valence-electron chi connectivity index (χ2n) is 4.60. The van der Waals surface area contributed by atoms with Crippen molar-refractivity contribution in [2.75, 3.05) is 17.7 Å². The normalized spacial score (nSPS) is 10.2. The molecule has 0 saturated carbocycles. The molecule has 0 bridgehead atoms. The maximum atomic E-state index is 12.3. The molecule has 2 aromatic rings. The first-order valence-corrected chi connectivity index (χ1v) is 6.69. The minimum absolute atomic E-state index is 0.118. The molecule has 0 aliphatic carbocycles. The van der Waals surface area contributed by atoms with Gasteiger partial charge >= 0.3 is 0 Å². The number of pyridine rings is 1. The van der Waals surface area contributed by atoms with Crippen molar-refractivity contribution in [2.24, 2.45) is 0 Å². The molecular weight excluding hydrogens is 250 g/mol. The Hall–Kier alpha value is -2.36. The van der Waals surface area contributed by atoms with E-state index in [1.165, 1.54) is 0 Å². The number of hydrogen-bond donors (Lipinski definition) is 2. The van der Waals surface area contributed by atoms with Gasteiger partial charge < -0.3 is 10.6 Å². The van der Waals surface area contributed by atoms with Crippen LogP contribution in [-0.4, -0.2) is 17.9 Å². The van der Waals surface area contributed by atoms with Crippen molar-refractivity contribution in [1.82, 2.24) is 4.98 Å². The van der Waals surface area contributed by atoms with Gasteiger partial charge in [0.2, 0.25) is 0 Å². The van der Waals surface area contributed by atoms with E-state index in [-0.39, 0.29) is 5.91 Å². The summed E-state index contributed by atoms with van der Waals surface area (Å²) in [5.41, 5.74) is 3.40. The minimum atomic E-state index is -0.118. The van der Waals surface area contributed by atoms with E-state index in [2.05, 4.69) is 22.5 Å². The van der Waals surface area contributed by atoms with Gasteiger partial charge in [0, 0.05) is 24.0 Å². The summed E-state index contributed by atoms with van der Waals surface area (Å²) in [6, 6.07) is 11.4. The summed E-state index contributed by atoms with van der Waals surface area (Å²) in [6.07, 6.45) is 0.883. The molecule has 4 heteroatoms. The molecular formula is C16H19N3O. The number of rotatable bonds is 4. The Labute approximate surface area is 119 Å². The lowest BCUT2D eigenvalue weighted by Gasteiger charge is -2.11. The summed E-state index contributed by atoms with van der Waals surface area (Å²) in [7, 11) is 1.79. The second-order valence-corrected chi connectivity index (χ2v) is 4.60. The Morgan fingerprint density at radius 1 is 1.25 bits per heavy atom. The highest BCUT2D eigenvalue weighted by Crippen LogP contribution is 2.17. The van der Waals surface area contributed by atoms with E-state index in [0.717, 1.165) is 23.4 Å². The fraction of sp³-hybridized carbons (Fsp3) is 0.250. The molecule has 0 spiro atoms. The van der Waals surface area contributed by atoms with Gasteiger partial charge in [0.1, 0.15) is 5.82 Å². The first-order valence-electron chi connectivity index (χ1n) is 6.69. The van der Waals surface area contributed by atoms with Gasteiger partial charge in [-0.25, -0.2) is 4.98 Å². The number of nitrogens with zero attached hydrogens (tertiary/aromatic N) is 1. The summed E-state index contributed by atoms with van der Waals surface area (Å²) in [5, 5.41) is 5.92. The Bertz CT molecular complexity index is 623. The third-order valence-corrected chi connectivity index (χ3v) is 3.12. The van der Waals surface area contributed by atoms with Gasteiger partial charge in [0.25, 0.3) is 5.91 Å². The zero-order valence-electron chi connectivity index (χ0n) is 12.0. The molecule has 104 valence electrons. The molecule has 1 heterocycles. The van der Waals surface area contributed by atoms with Crippen molar-refractivity contribution in [2.45, 2.75) is 20.3 Å². The van der Waals surface area contributed by atoms with Gasteiger partial charge in [-0.05, 0) is 37.1 Å². The van der Waals surface area contributed by atoms with E-state index in [1.807, 2.05) is 31.2 Å². The molecule has 1 aromatic carbocycles. The number of aryl methyl sites for hydroxylation is 2. The Balaban J connectivity index is 2.26. The molecule has 1 amide bonds. The first kappa shape index (κ1) is 14.1. The number of nitrogens with one attached hydrogen (secondary N) is 2. The van der Waals surface area contributed by atoms with Gasteiger partial charge in [-0.3, -0.25) is 4.79 Å². The predicted octanol–water partition coefficient (Wildman–Crippen LogP) is 3.25. The molecule has 0 fully saturated rings. The number of para-hydroxylation sites is 1. The number of carbonyl (C=O) groups is 1. The highest BCUT2D eigenvalue weighted by molar-refractivity contribution is 6.05. The summed E-state index contributed by atoms with van der Waals surface area (Å²) >= 11 is 0. The smallest absolute Gasteiger partial charge is 0.255 e. The van der Waals surface area contributed by atoms with Crippen LogP contribution in [0.5, 0.6) is 0 Å². The van der Waals surface area contributed by atoms with Crippen molar-refractivity contribution in [3.63, 3.8) is 0 Å². The fourth-order valence-corrected chi connectivity index (χ4v) is 2.07. The number of aromatic nitrogens is 1. The predicted molar refractivity (Wildman–Crippen MR) is 82.3 cm³/mol. The molecule has 0 atom stereocenters. The number of benzene rings is 1. The van der Waals surface area contributed by atoms with Crippen molar-refractivity contribution >= 4 is 17.4 Å². The SMILES string of the molecule is CCc1ccccc1NC(=O)c1cc(C)nc(NC)c1. The summed E-state index contributed by atoms with van der Waals surface area (Å²) < 4.78 is 0. The van der Waals surface area contributed by atoms with Crippen LogP contribution in [0.15, 0.2) is 36.4 Å². The molecule has 4 nitrogen and oxygen atoms in total. The number of anilines is 2. The zero-order chi connectivity index (χ0) is 14.5. The monoisotopic (exact) mass is 269 g/mol. The van der Waals surface area contributed by atoms with E-state index in [0.29, 0.717) is 11.4 Å². The summed E-state index contributed by atoms with van der Waals surface area (Å²) in [5.74, 6) is 0.576. The van der Waals surface area contributed by atoms with Crippen LogP contribution < -0.4 is 10.6 Å². The molecule has 0 unspecified atom stereocenters. The van der Waals surface area contributed by atoms with Gasteiger partial charge in [0.05, 0.1) is 0 Å². The van der Waals surface area contributed by atoms with Crippen LogP contribution in [0.2, 0.25) is 0 Å². The van der Waals surface area contributed by atoms with Gasteiger partial charge in [0.15, 0.2) is 0 Å². The van der Waals surface area contributed by atoms with Crippen LogP contribution in [0.4, 0.5) is 11.5 Å². The molecule has 20 heavy (non-hydrogen) atoms. The zero-order valence-corrected chi connectivity index (χ0v) is 12.0. The Kier molecular flexibility index (Phi) is 4.35. The van der Waals surface area contributed by atoms with Crippen LogP contribution in [0.1, 0.15) is 28.5 Å². The maximum Gasteiger partial charge on any atom is 0.255 e. The van der Waals surface area contributed by atoms with Crippen LogP contribution in [-0.2, 0) is 6.42 Å².